The summed E-state index contributed by atoms with van der Waals surface area (Å²) in [5.41, 5.74) is 2.28. The molecule has 8 nitrogen and oxygen atoms in total. The minimum Gasteiger partial charge on any atom is -0.475 e. The molecule has 1 fully saturated rings. The molecular weight excluding hydrogens is 415 g/mol. The van der Waals surface area contributed by atoms with Crippen molar-refractivity contribution >= 4 is 5.91 Å². The van der Waals surface area contributed by atoms with E-state index < -0.39 is 18.1 Å². The summed E-state index contributed by atoms with van der Waals surface area (Å²) in [7, 11) is 0. The highest BCUT2D eigenvalue weighted by atomic mass is 19.4. The molecule has 0 radical (unpaired) electrons. The van der Waals surface area contributed by atoms with Gasteiger partial charge in [-0.2, -0.15) is 23.3 Å². The molecule has 0 saturated carbocycles. The number of rotatable bonds is 5. The standard InChI is InChI=1S/C20H18F3N5O3/c21-20(22,23)19-24-7-6-17(26-19)31-12-15-11-28(9-10-30-15)18(29)14-3-1-13(2-4-14)16-5-8-25-27-16/h1-8,15H,9-12H2,(H,25,27). The lowest BCUT2D eigenvalue weighted by molar-refractivity contribution is -0.145. The smallest absolute Gasteiger partial charge is 0.451 e. The Morgan fingerprint density at radius 3 is 2.71 bits per heavy atom. The molecule has 0 aliphatic carbocycles. The van der Waals surface area contributed by atoms with E-state index in [4.69, 9.17) is 9.47 Å². The van der Waals surface area contributed by atoms with Gasteiger partial charge in [0, 0.05) is 30.6 Å². The summed E-state index contributed by atoms with van der Waals surface area (Å²) in [6, 6.07) is 10.2. The first kappa shape index (κ1) is 20.8. The number of hydrogen-bond acceptors (Lipinski definition) is 6. The van der Waals surface area contributed by atoms with Gasteiger partial charge in [-0.3, -0.25) is 9.89 Å². The van der Waals surface area contributed by atoms with Crippen LogP contribution in [0.2, 0.25) is 0 Å². The highest BCUT2D eigenvalue weighted by Gasteiger charge is 2.35. The molecular formula is C20H18F3N5O3. The lowest BCUT2D eigenvalue weighted by atomic mass is 10.1. The van der Waals surface area contributed by atoms with Crippen molar-refractivity contribution in [2.75, 3.05) is 26.3 Å². The van der Waals surface area contributed by atoms with E-state index in [1.165, 1.54) is 6.07 Å². The van der Waals surface area contributed by atoms with E-state index in [0.717, 1.165) is 17.5 Å². The first-order valence-corrected chi connectivity index (χ1v) is 9.44. The highest BCUT2D eigenvalue weighted by molar-refractivity contribution is 5.94. The third-order valence-corrected chi connectivity index (χ3v) is 4.67. The molecule has 162 valence electrons. The fourth-order valence-electron chi connectivity index (χ4n) is 3.13. The van der Waals surface area contributed by atoms with E-state index in [2.05, 4.69) is 20.2 Å². The van der Waals surface area contributed by atoms with Crippen molar-refractivity contribution in [1.82, 2.24) is 25.1 Å². The average molecular weight is 433 g/mol. The fraction of sp³-hybridized carbons (Fsp3) is 0.300. The van der Waals surface area contributed by atoms with Gasteiger partial charge >= 0.3 is 6.18 Å². The second-order valence-corrected chi connectivity index (χ2v) is 6.82. The van der Waals surface area contributed by atoms with Crippen molar-refractivity contribution in [3.63, 3.8) is 0 Å². The molecule has 1 aromatic carbocycles. The van der Waals surface area contributed by atoms with Gasteiger partial charge in [-0.05, 0) is 23.8 Å². The molecule has 1 aliphatic rings. The van der Waals surface area contributed by atoms with Crippen LogP contribution in [0.3, 0.4) is 0 Å². The Hall–Kier alpha value is -3.47. The summed E-state index contributed by atoms with van der Waals surface area (Å²) in [6.45, 7) is 0.905. The molecule has 3 heterocycles. The zero-order chi connectivity index (χ0) is 21.8. The zero-order valence-electron chi connectivity index (χ0n) is 16.2. The molecule has 11 heteroatoms. The van der Waals surface area contributed by atoms with Gasteiger partial charge in [0.25, 0.3) is 5.91 Å². The number of aromatic amines is 1. The van der Waals surface area contributed by atoms with Gasteiger partial charge in [-0.1, -0.05) is 12.1 Å². The first-order chi connectivity index (χ1) is 14.9. The van der Waals surface area contributed by atoms with Crippen LogP contribution in [0.4, 0.5) is 13.2 Å². The number of benzene rings is 1. The Morgan fingerprint density at radius 2 is 2.00 bits per heavy atom. The number of carbonyl (C=O) groups excluding carboxylic acids is 1. The van der Waals surface area contributed by atoms with Crippen LogP contribution in [0.25, 0.3) is 11.3 Å². The number of aromatic nitrogens is 4. The van der Waals surface area contributed by atoms with Gasteiger partial charge in [0.05, 0.1) is 18.8 Å². The molecule has 2 aromatic heterocycles. The largest absolute Gasteiger partial charge is 0.475 e. The quantitative estimate of drug-likeness (QED) is 0.665. The van der Waals surface area contributed by atoms with E-state index in [9.17, 15) is 18.0 Å². The van der Waals surface area contributed by atoms with Crippen molar-refractivity contribution in [3.8, 4) is 17.1 Å². The molecule has 1 atom stereocenters. The lowest BCUT2D eigenvalue weighted by Crippen LogP contribution is -2.47. The van der Waals surface area contributed by atoms with Crippen LogP contribution in [0.1, 0.15) is 16.2 Å². The molecule has 1 saturated heterocycles. The predicted molar refractivity (Wildman–Crippen MR) is 102 cm³/mol. The number of H-pyrrole nitrogens is 1. The van der Waals surface area contributed by atoms with Gasteiger partial charge in [0.2, 0.25) is 11.7 Å². The number of morpholine rings is 1. The van der Waals surface area contributed by atoms with Gasteiger partial charge < -0.3 is 14.4 Å². The van der Waals surface area contributed by atoms with Gasteiger partial charge in [0.15, 0.2) is 0 Å². The Morgan fingerprint density at radius 1 is 1.19 bits per heavy atom. The topological polar surface area (TPSA) is 93.2 Å². The van der Waals surface area contributed by atoms with Crippen LogP contribution >= 0.6 is 0 Å². The summed E-state index contributed by atoms with van der Waals surface area (Å²) in [5, 5.41) is 6.77. The van der Waals surface area contributed by atoms with Crippen molar-refractivity contribution in [1.29, 1.82) is 0 Å². The van der Waals surface area contributed by atoms with Crippen LogP contribution in [-0.2, 0) is 10.9 Å². The Balaban J connectivity index is 1.35. The zero-order valence-corrected chi connectivity index (χ0v) is 16.2. The van der Waals surface area contributed by atoms with Crippen LogP contribution < -0.4 is 4.74 Å². The normalized spacial score (nSPS) is 16.9. The average Bonchev–Trinajstić information content (AvgIpc) is 3.32. The Labute approximate surface area is 175 Å². The monoisotopic (exact) mass is 433 g/mol. The number of amides is 1. The Bertz CT molecular complexity index is 1030. The van der Waals surface area contributed by atoms with Gasteiger partial charge in [0.1, 0.15) is 12.7 Å². The maximum atomic E-state index is 12.8. The van der Waals surface area contributed by atoms with Crippen LogP contribution in [-0.4, -0.2) is 63.4 Å². The van der Waals surface area contributed by atoms with Gasteiger partial charge in [-0.25, -0.2) is 4.98 Å². The van der Waals surface area contributed by atoms with Crippen molar-refractivity contribution in [2.24, 2.45) is 0 Å². The summed E-state index contributed by atoms with van der Waals surface area (Å²) in [6.07, 6.45) is -2.52. The van der Waals surface area contributed by atoms with E-state index >= 15 is 0 Å². The molecule has 1 aliphatic heterocycles. The minimum absolute atomic E-state index is 0.0448. The van der Waals surface area contributed by atoms with E-state index in [1.807, 2.05) is 18.2 Å². The summed E-state index contributed by atoms with van der Waals surface area (Å²) in [4.78, 5) is 21.0. The first-order valence-electron chi connectivity index (χ1n) is 9.44. The second-order valence-electron chi connectivity index (χ2n) is 6.82. The number of nitrogens with one attached hydrogen (secondary N) is 1. The van der Waals surface area contributed by atoms with Crippen molar-refractivity contribution in [2.45, 2.75) is 12.3 Å². The second kappa shape index (κ2) is 8.72. The molecule has 4 rings (SSSR count). The molecule has 1 unspecified atom stereocenters. The number of carbonyl (C=O) groups is 1. The molecule has 31 heavy (non-hydrogen) atoms. The van der Waals surface area contributed by atoms with E-state index in [0.29, 0.717) is 18.7 Å². The minimum atomic E-state index is -4.66. The third-order valence-electron chi connectivity index (χ3n) is 4.67. The molecule has 1 N–H and O–H groups in total. The lowest BCUT2D eigenvalue weighted by Gasteiger charge is -2.32. The van der Waals surface area contributed by atoms with Crippen LogP contribution in [0, 0.1) is 0 Å². The van der Waals surface area contributed by atoms with Crippen LogP contribution in [0.15, 0.2) is 48.8 Å². The number of ether oxygens (including phenoxy) is 2. The number of hydrogen-bond donors (Lipinski definition) is 1. The molecule has 1 amide bonds. The molecule has 0 spiro atoms. The van der Waals surface area contributed by atoms with E-state index in [1.54, 1.807) is 23.2 Å². The van der Waals surface area contributed by atoms with Crippen molar-refractivity contribution in [3.05, 3.63) is 60.2 Å². The molecule has 3 aromatic rings. The molecule has 0 bridgehead atoms. The van der Waals surface area contributed by atoms with Crippen molar-refractivity contribution < 1.29 is 27.4 Å². The van der Waals surface area contributed by atoms with Gasteiger partial charge in [-0.15, -0.1) is 0 Å². The maximum Gasteiger partial charge on any atom is 0.451 e. The SMILES string of the molecule is O=C(c1ccc(-c2ccn[nH]2)cc1)N1CCOC(COc2ccnc(C(F)(F)F)n2)C1. The number of alkyl halides is 3. The van der Waals surface area contributed by atoms with Crippen LogP contribution in [0.5, 0.6) is 5.88 Å². The summed E-state index contributed by atoms with van der Waals surface area (Å²) >= 11 is 0. The third kappa shape index (κ3) is 5.00. The maximum absolute atomic E-state index is 12.8. The fourth-order valence-corrected chi connectivity index (χ4v) is 3.13. The predicted octanol–water partition coefficient (Wildman–Crippen LogP) is 2.81. The van der Waals surface area contributed by atoms with E-state index in [-0.39, 0.29) is 24.9 Å². The highest BCUT2D eigenvalue weighted by Crippen LogP contribution is 2.27. The summed E-state index contributed by atoms with van der Waals surface area (Å²) < 4.78 is 49.1. The Kier molecular flexibility index (Phi) is 5.85. The number of halogens is 3. The number of nitrogens with zero attached hydrogens (tertiary/aromatic N) is 4. The summed E-state index contributed by atoms with van der Waals surface area (Å²) in [5.74, 6) is -1.64.